The molecular formula is C13H23NO2S. The number of aliphatic hydroxyl groups is 1. The third-order valence-electron chi connectivity index (χ3n) is 2.50. The van der Waals surface area contributed by atoms with Gasteiger partial charge in [0.05, 0.1) is 18.8 Å². The maximum absolute atomic E-state index is 9.86. The lowest BCUT2D eigenvalue weighted by Gasteiger charge is -2.23. The van der Waals surface area contributed by atoms with Crippen molar-refractivity contribution in [1.82, 2.24) is 4.90 Å². The molecule has 1 heterocycles. The number of ether oxygens (including phenoxy) is 1. The zero-order valence-corrected chi connectivity index (χ0v) is 11.7. The van der Waals surface area contributed by atoms with Gasteiger partial charge in [0.1, 0.15) is 0 Å². The molecule has 0 spiro atoms. The van der Waals surface area contributed by atoms with Crippen LogP contribution in [0.3, 0.4) is 0 Å². The molecule has 1 aromatic rings. The van der Waals surface area contributed by atoms with E-state index in [1.165, 1.54) is 4.88 Å². The Morgan fingerprint density at radius 3 is 2.76 bits per heavy atom. The number of nitrogens with zero attached hydrogens (tertiary/aromatic N) is 1. The highest BCUT2D eigenvalue weighted by Crippen LogP contribution is 2.12. The molecule has 0 aliphatic heterocycles. The van der Waals surface area contributed by atoms with E-state index in [-0.39, 0.29) is 6.10 Å². The first kappa shape index (κ1) is 14.6. The summed E-state index contributed by atoms with van der Waals surface area (Å²) in [4.78, 5) is 3.57. The van der Waals surface area contributed by atoms with Crippen LogP contribution in [0, 0.1) is 0 Å². The van der Waals surface area contributed by atoms with Crippen molar-refractivity contribution in [3.05, 3.63) is 22.4 Å². The lowest BCUT2D eigenvalue weighted by atomic mass is 10.3. The van der Waals surface area contributed by atoms with Crippen molar-refractivity contribution in [3.63, 3.8) is 0 Å². The van der Waals surface area contributed by atoms with Crippen LogP contribution in [0.25, 0.3) is 0 Å². The SMILES string of the molecule is CCN(Cc1cccs1)CC(O)COC(C)C. The van der Waals surface area contributed by atoms with Crippen molar-refractivity contribution in [2.45, 2.75) is 39.5 Å². The van der Waals surface area contributed by atoms with Crippen LogP contribution in [0.15, 0.2) is 17.5 Å². The minimum atomic E-state index is -0.405. The van der Waals surface area contributed by atoms with Gasteiger partial charge in [0.15, 0.2) is 0 Å². The zero-order valence-electron chi connectivity index (χ0n) is 10.9. The Bertz CT molecular complexity index is 288. The molecule has 0 aliphatic carbocycles. The van der Waals surface area contributed by atoms with E-state index < -0.39 is 6.10 Å². The van der Waals surface area contributed by atoms with Crippen molar-refractivity contribution in [1.29, 1.82) is 0 Å². The van der Waals surface area contributed by atoms with Crippen LogP contribution in [0.5, 0.6) is 0 Å². The molecular weight excluding hydrogens is 234 g/mol. The largest absolute Gasteiger partial charge is 0.389 e. The fraction of sp³-hybridized carbons (Fsp3) is 0.692. The summed E-state index contributed by atoms with van der Waals surface area (Å²) in [7, 11) is 0. The highest BCUT2D eigenvalue weighted by Gasteiger charge is 2.12. The van der Waals surface area contributed by atoms with E-state index in [2.05, 4.69) is 29.3 Å². The fourth-order valence-electron chi connectivity index (χ4n) is 1.58. The minimum Gasteiger partial charge on any atom is -0.389 e. The smallest absolute Gasteiger partial charge is 0.0900 e. The molecule has 0 radical (unpaired) electrons. The predicted octanol–water partition coefficient (Wildman–Crippen LogP) is 2.36. The Morgan fingerprint density at radius 2 is 2.24 bits per heavy atom. The van der Waals surface area contributed by atoms with E-state index in [0.717, 1.165) is 13.1 Å². The maximum Gasteiger partial charge on any atom is 0.0900 e. The minimum absolute atomic E-state index is 0.178. The topological polar surface area (TPSA) is 32.7 Å². The van der Waals surface area contributed by atoms with E-state index in [9.17, 15) is 5.11 Å². The third-order valence-corrected chi connectivity index (χ3v) is 3.36. The van der Waals surface area contributed by atoms with Crippen LogP contribution in [0.4, 0.5) is 0 Å². The van der Waals surface area contributed by atoms with Crippen LogP contribution in [0.2, 0.25) is 0 Å². The van der Waals surface area contributed by atoms with Crippen LogP contribution in [-0.2, 0) is 11.3 Å². The van der Waals surface area contributed by atoms with Gasteiger partial charge in [-0.15, -0.1) is 11.3 Å². The highest BCUT2D eigenvalue weighted by atomic mass is 32.1. The van der Waals surface area contributed by atoms with Crippen molar-refractivity contribution in [3.8, 4) is 0 Å². The number of hydrogen-bond acceptors (Lipinski definition) is 4. The molecule has 0 saturated heterocycles. The predicted molar refractivity (Wildman–Crippen MR) is 72.4 cm³/mol. The fourth-order valence-corrected chi connectivity index (χ4v) is 2.33. The quantitative estimate of drug-likeness (QED) is 0.776. The van der Waals surface area contributed by atoms with Gasteiger partial charge in [0, 0.05) is 18.0 Å². The first-order valence-corrected chi connectivity index (χ1v) is 7.04. The average Bonchev–Trinajstić information content (AvgIpc) is 2.78. The molecule has 0 bridgehead atoms. The monoisotopic (exact) mass is 257 g/mol. The van der Waals surface area contributed by atoms with Gasteiger partial charge in [0.2, 0.25) is 0 Å². The second-order valence-corrected chi connectivity index (χ2v) is 5.48. The summed E-state index contributed by atoms with van der Waals surface area (Å²) >= 11 is 1.76. The molecule has 1 aromatic heterocycles. The lowest BCUT2D eigenvalue weighted by Crippen LogP contribution is -2.34. The first-order valence-electron chi connectivity index (χ1n) is 6.16. The Balaban J connectivity index is 2.30. The van der Waals surface area contributed by atoms with E-state index in [1.54, 1.807) is 11.3 Å². The Hall–Kier alpha value is -0.420. The van der Waals surface area contributed by atoms with Gasteiger partial charge in [-0.3, -0.25) is 4.90 Å². The second kappa shape index (κ2) is 7.82. The van der Waals surface area contributed by atoms with Crippen molar-refractivity contribution >= 4 is 11.3 Å². The number of aliphatic hydroxyl groups excluding tert-OH is 1. The summed E-state index contributed by atoms with van der Waals surface area (Å²) in [5.74, 6) is 0. The summed E-state index contributed by atoms with van der Waals surface area (Å²) < 4.78 is 5.41. The highest BCUT2D eigenvalue weighted by molar-refractivity contribution is 7.09. The van der Waals surface area contributed by atoms with Crippen molar-refractivity contribution in [2.75, 3.05) is 19.7 Å². The van der Waals surface area contributed by atoms with Crippen molar-refractivity contribution < 1.29 is 9.84 Å². The molecule has 17 heavy (non-hydrogen) atoms. The first-order chi connectivity index (χ1) is 8.11. The molecule has 1 atom stereocenters. The standard InChI is InChI=1S/C13H23NO2S/c1-4-14(9-13-6-5-7-17-13)8-12(15)10-16-11(2)3/h5-7,11-12,15H,4,8-10H2,1-3H3. The van der Waals surface area contributed by atoms with Crippen LogP contribution in [0.1, 0.15) is 25.6 Å². The van der Waals surface area contributed by atoms with Gasteiger partial charge in [-0.25, -0.2) is 0 Å². The molecule has 98 valence electrons. The number of thiophene rings is 1. The summed E-state index contributed by atoms with van der Waals surface area (Å²) in [6, 6.07) is 4.19. The molecule has 1 rings (SSSR count). The molecule has 0 fully saturated rings. The lowest BCUT2D eigenvalue weighted by molar-refractivity contribution is -0.00875. The summed E-state index contributed by atoms with van der Waals surface area (Å²) in [6.07, 6.45) is -0.227. The molecule has 0 aliphatic rings. The molecule has 0 amide bonds. The van der Waals surface area contributed by atoms with Crippen LogP contribution in [-0.4, -0.2) is 41.9 Å². The van der Waals surface area contributed by atoms with E-state index in [4.69, 9.17) is 4.74 Å². The van der Waals surface area contributed by atoms with E-state index in [0.29, 0.717) is 13.2 Å². The van der Waals surface area contributed by atoms with Gasteiger partial charge in [0.25, 0.3) is 0 Å². The van der Waals surface area contributed by atoms with Gasteiger partial charge in [-0.2, -0.15) is 0 Å². The molecule has 1 unspecified atom stereocenters. The maximum atomic E-state index is 9.86. The number of rotatable bonds is 8. The molecule has 0 saturated carbocycles. The van der Waals surface area contributed by atoms with E-state index in [1.807, 2.05) is 13.8 Å². The number of hydrogen-bond donors (Lipinski definition) is 1. The van der Waals surface area contributed by atoms with Crippen molar-refractivity contribution in [2.24, 2.45) is 0 Å². The zero-order chi connectivity index (χ0) is 12.7. The van der Waals surface area contributed by atoms with Crippen LogP contribution >= 0.6 is 11.3 Å². The Kier molecular flexibility index (Phi) is 6.73. The summed E-state index contributed by atoms with van der Waals surface area (Å²) in [6.45, 7) is 9.01. The van der Waals surface area contributed by atoms with Gasteiger partial charge in [-0.1, -0.05) is 13.0 Å². The van der Waals surface area contributed by atoms with Gasteiger partial charge in [-0.05, 0) is 31.8 Å². The Labute approximate surface area is 108 Å². The second-order valence-electron chi connectivity index (χ2n) is 4.44. The molecule has 0 aromatic carbocycles. The molecule has 3 nitrogen and oxygen atoms in total. The summed E-state index contributed by atoms with van der Waals surface area (Å²) in [5, 5.41) is 11.9. The van der Waals surface area contributed by atoms with Gasteiger partial charge >= 0.3 is 0 Å². The third kappa shape index (κ3) is 6.17. The van der Waals surface area contributed by atoms with E-state index >= 15 is 0 Å². The van der Waals surface area contributed by atoms with Crippen LogP contribution < -0.4 is 0 Å². The Morgan fingerprint density at radius 1 is 1.47 bits per heavy atom. The molecule has 4 heteroatoms. The normalized spacial score (nSPS) is 13.5. The average molecular weight is 257 g/mol. The summed E-state index contributed by atoms with van der Waals surface area (Å²) in [5.41, 5.74) is 0. The van der Waals surface area contributed by atoms with Gasteiger partial charge < -0.3 is 9.84 Å². The number of likely N-dealkylation sites (N-methyl/N-ethyl adjacent to an activating group) is 1. The molecule has 1 N–H and O–H groups in total.